The number of halogens is 1. The number of nitrogens with zero attached hydrogens (tertiary/aromatic N) is 2. The van der Waals surface area contributed by atoms with E-state index >= 15 is 0 Å². The molecule has 0 atom stereocenters. The van der Waals surface area contributed by atoms with Gasteiger partial charge in [-0.25, -0.2) is 9.38 Å². The topological polar surface area (TPSA) is 61.8 Å². The lowest BCUT2D eigenvalue weighted by Gasteiger charge is -2.18. The van der Waals surface area contributed by atoms with E-state index in [0.717, 1.165) is 15.8 Å². The SMILES string of the molecule is CN(CC(=O)Nc1ccc(F)cc1)C(=O)CSC1=Nc2ccccc2CS1. The van der Waals surface area contributed by atoms with Gasteiger partial charge in [-0.2, -0.15) is 0 Å². The van der Waals surface area contributed by atoms with E-state index < -0.39 is 0 Å². The average molecular weight is 404 g/mol. The normalized spacial score (nSPS) is 12.7. The van der Waals surface area contributed by atoms with Crippen LogP contribution >= 0.6 is 23.5 Å². The Labute approximate surface area is 165 Å². The van der Waals surface area contributed by atoms with Crippen LogP contribution in [0.15, 0.2) is 53.5 Å². The lowest BCUT2D eigenvalue weighted by molar-refractivity contribution is -0.131. The summed E-state index contributed by atoms with van der Waals surface area (Å²) in [6.07, 6.45) is 0. The number of anilines is 1. The minimum atomic E-state index is -0.372. The summed E-state index contributed by atoms with van der Waals surface area (Å²) in [5, 5.41) is 2.64. The Morgan fingerprint density at radius 3 is 2.74 bits per heavy atom. The molecule has 0 saturated heterocycles. The van der Waals surface area contributed by atoms with Crippen LogP contribution in [-0.4, -0.2) is 40.4 Å². The smallest absolute Gasteiger partial charge is 0.243 e. The third kappa shape index (κ3) is 5.58. The van der Waals surface area contributed by atoms with Gasteiger partial charge in [0.15, 0.2) is 0 Å². The number of nitrogens with one attached hydrogen (secondary N) is 1. The summed E-state index contributed by atoms with van der Waals surface area (Å²) in [5.41, 5.74) is 2.62. The van der Waals surface area contributed by atoms with Crippen molar-refractivity contribution in [1.29, 1.82) is 0 Å². The molecule has 2 amide bonds. The summed E-state index contributed by atoms with van der Waals surface area (Å²) < 4.78 is 13.7. The zero-order valence-corrected chi connectivity index (χ0v) is 16.3. The van der Waals surface area contributed by atoms with Gasteiger partial charge in [-0.3, -0.25) is 9.59 Å². The average Bonchev–Trinajstić information content (AvgIpc) is 2.67. The quantitative estimate of drug-likeness (QED) is 0.823. The van der Waals surface area contributed by atoms with E-state index in [4.69, 9.17) is 0 Å². The Hall–Kier alpha value is -2.32. The maximum Gasteiger partial charge on any atom is 0.243 e. The monoisotopic (exact) mass is 403 g/mol. The highest BCUT2D eigenvalue weighted by Gasteiger charge is 2.17. The lowest BCUT2D eigenvalue weighted by Crippen LogP contribution is -2.36. The summed E-state index contributed by atoms with van der Waals surface area (Å²) in [7, 11) is 1.58. The largest absolute Gasteiger partial charge is 0.336 e. The van der Waals surface area contributed by atoms with Crippen molar-refractivity contribution < 1.29 is 14.0 Å². The van der Waals surface area contributed by atoms with Gasteiger partial charge in [-0.05, 0) is 35.9 Å². The van der Waals surface area contributed by atoms with Gasteiger partial charge in [-0.15, -0.1) is 0 Å². The molecule has 0 spiro atoms. The van der Waals surface area contributed by atoms with Gasteiger partial charge in [0.1, 0.15) is 10.2 Å². The molecule has 140 valence electrons. The lowest BCUT2D eigenvalue weighted by atomic mass is 10.2. The zero-order valence-electron chi connectivity index (χ0n) is 14.6. The van der Waals surface area contributed by atoms with Gasteiger partial charge in [0.2, 0.25) is 11.8 Å². The van der Waals surface area contributed by atoms with Gasteiger partial charge < -0.3 is 10.2 Å². The molecule has 0 unspecified atom stereocenters. The molecule has 2 aromatic carbocycles. The predicted octanol–water partition coefficient (Wildman–Crippen LogP) is 3.89. The first-order valence-corrected chi connectivity index (χ1v) is 10.2. The molecule has 27 heavy (non-hydrogen) atoms. The van der Waals surface area contributed by atoms with Gasteiger partial charge in [0.25, 0.3) is 0 Å². The highest BCUT2D eigenvalue weighted by Crippen LogP contribution is 2.34. The summed E-state index contributed by atoms with van der Waals surface area (Å²) in [4.78, 5) is 30.2. The van der Waals surface area contributed by atoms with Crippen molar-refractivity contribution in [1.82, 2.24) is 4.90 Å². The van der Waals surface area contributed by atoms with Crippen molar-refractivity contribution >= 4 is 51.1 Å². The molecule has 0 bridgehead atoms. The number of carbonyl (C=O) groups excluding carboxylic acids is 2. The fraction of sp³-hybridized carbons (Fsp3) is 0.211. The number of fused-ring (bicyclic) bond motifs is 1. The molecule has 8 heteroatoms. The second-order valence-electron chi connectivity index (χ2n) is 5.89. The van der Waals surface area contributed by atoms with Crippen LogP contribution in [0.25, 0.3) is 0 Å². The van der Waals surface area contributed by atoms with E-state index in [1.54, 1.807) is 18.8 Å². The number of rotatable bonds is 5. The maximum absolute atomic E-state index is 12.9. The first-order valence-electron chi connectivity index (χ1n) is 8.23. The highest BCUT2D eigenvalue weighted by atomic mass is 32.2. The molecule has 0 aromatic heterocycles. The Kier molecular flexibility index (Phi) is 6.52. The van der Waals surface area contributed by atoms with Crippen LogP contribution in [0.2, 0.25) is 0 Å². The summed E-state index contributed by atoms with van der Waals surface area (Å²) in [6.45, 7) is -0.0702. The summed E-state index contributed by atoms with van der Waals surface area (Å²) >= 11 is 2.99. The molecule has 2 aromatic rings. The number of hydrogen-bond acceptors (Lipinski definition) is 5. The molecule has 0 saturated carbocycles. The van der Waals surface area contributed by atoms with Crippen LogP contribution in [0.5, 0.6) is 0 Å². The van der Waals surface area contributed by atoms with Crippen molar-refractivity contribution in [2.75, 3.05) is 24.7 Å². The molecule has 3 rings (SSSR count). The van der Waals surface area contributed by atoms with Gasteiger partial charge >= 0.3 is 0 Å². The van der Waals surface area contributed by atoms with Crippen LogP contribution in [0, 0.1) is 5.82 Å². The molecule has 0 aliphatic carbocycles. The molecule has 5 nitrogen and oxygen atoms in total. The molecule has 0 radical (unpaired) electrons. The third-order valence-corrected chi connectivity index (χ3v) is 6.04. The summed E-state index contributed by atoms with van der Waals surface area (Å²) in [5.74, 6) is 0.195. The molecule has 1 aliphatic rings. The van der Waals surface area contributed by atoms with Crippen molar-refractivity contribution in [3.8, 4) is 0 Å². The second-order valence-corrected chi connectivity index (χ2v) is 8.08. The zero-order chi connectivity index (χ0) is 19.2. The predicted molar refractivity (Wildman–Crippen MR) is 110 cm³/mol. The molecule has 1 heterocycles. The van der Waals surface area contributed by atoms with Crippen LogP contribution < -0.4 is 5.32 Å². The number of aliphatic imine (C=N–C) groups is 1. The molecule has 1 aliphatic heterocycles. The third-order valence-electron chi connectivity index (χ3n) is 3.81. The van der Waals surface area contributed by atoms with Crippen LogP contribution in [-0.2, 0) is 15.3 Å². The Morgan fingerprint density at radius 1 is 1.22 bits per heavy atom. The van der Waals surface area contributed by atoms with E-state index in [2.05, 4.69) is 10.3 Å². The minimum absolute atomic E-state index is 0.0702. The molecule has 0 fully saturated rings. The van der Waals surface area contributed by atoms with Crippen molar-refractivity contribution in [2.45, 2.75) is 5.75 Å². The van der Waals surface area contributed by atoms with Gasteiger partial charge in [-0.1, -0.05) is 41.7 Å². The number of likely N-dealkylation sites (N-methyl/N-ethyl adjacent to an activating group) is 1. The van der Waals surface area contributed by atoms with E-state index in [1.165, 1.54) is 46.5 Å². The van der Waals surface area contributed by atoms with E-state index in [1.807, 2.05) is 24.3 Å². The highest BCUT2D eigenvalue weighted by molar-refractivity contribution is 8.38. The first-order chi connectivity index (χ1) is 13.0. The summed E-state index contributed by atoms with van der Waals surface area (Å²) in [6, 6.07) is 13.4. The molecular formula is C19H18FN3O2S2. The molecular weight excluding hydrogens is 385 g/mol. The number of hydrogen-bond donors (Lipinski definition) is 1. The van der Waals surface area contributed by atoms with Crippen molar-refractivity contribution in [3.05, 3.63) is 59.9 Å². The molecule has 1 N–H and O–H groups in total. The van der Waals surface area contributed by atoms with E-state index in [-0.39, 0.29) is 29.9 Å². The standard InChI is InChI=1S/C19H18FN3O2S2/c1-23(10-17(24)21-15-8-6-14(20)7-9-15)18(25)12-27-19-22-16-5-3-2-4-13(16)11-26-19/h2-9H,10-12H2,1H3,(H,21,24). The van der Waals surface area contributed by atoms with E-state index in [9.17, 15) is 14.0 Å². The van der Waals surface area contributed by atoms with E-state index in [0.29, 0.717) is 5.69 Å². The van der Waals surface area contributed by atoms with Crippen LogP contribution in [0.3, 0.4) is 0 Å². The van der Waals surface area contributed by atoms with Crippen LogP contribution in [0.1, 0.15) is 5.56 Å². The number of carbonyl (C=O) groups is 2. The van der Waals surface area contributed by atoms with Gasteiger partial charge in [0, 0.05) is 18.5 Å². The van der Waals surface area contributed by atoms with Crippen molar-refractivity contribution in [2.24, 2.45) is 4.99 Å². The first kappa shape index (κ1) is 19.4. The number of amides is 2. The number of thioether (sulfide) groups is 2. The fourth-order valence-corrected chi connectivity index (χ4v) is 4.36. The fourth-order valence-electron chi connectivity index (χ4n) is 2.36. The van der Waals surface area contributed by atoms with Crippen LogP contribution in [0.4, 0.5) is 15.8 Å². The number of para-hydroxylation sites is 1. The second kappa shape index (κ2) is 9.05. The Balaban J connectivity index is 1.47. The minimum Gasteiger partial charge on any atom is -0.336 e. The Bertz CT molecular complexity index is 872. The Morgan fingerprint density at radius 2 is 1.96 bits per heavy atom. The number of benzene rings is 2. The van der Waals surface area contributed by atoms with Gasteiger partial charge in [0.05, 0.1) is 18.0 Å². The van der Waals surface area contributed by atoms with Crippen molar-refractivity contribution in [3.63, 3.8) is 0 Å². The maximum atomic E-state index is 12.9.